The number of nitrogens with zero attached hydrogens (tertiary/aromatic N) is 6. The number of aromatic nitrogens is 4. The predicted octanol–water partition coefficient (Wildman–Crippen LogP) is 1.53. The number of likely N-dealkylation sites (tertiary alicyclic amines) is 1. The minimum absolute atomic E-state index is 0.0843. The Morgan fingerprint density at radius 1 is 1.20 bits per heavy atom. The summed E-state index contributed by atoms with van der Waals surface area (Å²) in [6, 6.07) is 3.72. The normalized spacial score (nSPS) is 18.6. The highest BCUT2D eigenvalue weighted by atomic mass is 16.2. The molecule has 10 nitrogen and oxygen atoms in total. The van der Waals surface area contributed by atoms with Crippen molar-refractivity contribution in [3.8, 4) is 6.07 Å². The fourth-order valence-corrected chi connectivity index (χ4v) is 3.72. The molecule has 0 radical (unpaired) electrons. The minimum atomic E-state index is -0.0843. The molecule has 10 heteroatoms. The Labute approximate surface area is 175 Å². The molecule has 0 saturated carbocycles. The molecule has 0 aromatic carbocycles. The van der Waals surface area contributed by atoms with E-state index < -0.39 is 0 Å². The van der Waals surface area contributed by atoms with Crippen LogP contribution in [0.4, 0.5) is 17.3 Å². The molecule has 4 heterocycles. The molecule has 2 aromatic rings. The van der Waals surface area contributed by atoms with Crippen LogP contribution in [0.3, 0.4) is 0 Å². The Morgan fingerprint density at radius 3 is 2.77 bits per heavy atom. The Kier molecular flexibility index (Phi) is 6.29. The van der Waals surface area contributed by atoms with Gasteiger partial charge in [0.15, 0.2) is 17.2 Å². The Hall–Kier alpha value is -3.32. The molecular formula is C20H25N9O. The highest BCUT2D eigenvalue weighted by Crippen LogP contribution is 2.23. The van der Waals surface area contributed by atoms with Crippen LogP contribution in [0.25, 0.3) is 0 Å². The standard InChI is InChI=1S/C20H25N9O/c21-9-15-12-25-18(13-23-15)26-17-8-16(24-11-14-4-5-22-10-14)19(28-27-17)20(30)29-6-2-1-3-7-29/h8,12-14,22H,1-7,10-11H2,(H2,24,25,26,27). The van der Waals surface area contributed by atoms with E-state index in [0.29, 0.717) is 28.9 Å². The van der Waals surface area contributed by atoms with Crippen LogP contribution in [-0.4, -0.2) is 63.7 Å². The van der Waals surface area contributed by atoms with Gasteiger partial charge in [-0.05, 0) is 44.7 Å². The highest BCUT2D eigenvalue weighted by Gasteiger charge is 2.24. The zero-order valence-corrected chi connectivity index (χ0v) is 16.8. The summed E-state index contributed by atoms with van der Waals surface area (Å²) in [5, 5.41) is 27.1. The van der Waals surface area contributed by atoms with Gasteiger partial charge in [-0.2, -0.15) is 5.26 Å². The number of nitriles is 1. The summed E-state index contributed by atoms with van der Waals surface area (Å²) in [6.07, 6.45) is 7.15. The number of carbonyl (C=O) groups excluding carboxylic acids is 1. The molecule has 0 aliphatic carbocycles. The molecule has 1 atom stereocenters. The molecule has 3 N–H and O–H groups in total. The second-order valence-corrected chi connectivity index (χ2v) is 7.61. The molecule has 2 fully saturated rings. The summed E-state index contributed by atoms with van der Waals surface area (Å²) in [5.74, 6) is 1.33. The van der Waals surface area contributed by atoms with Gasteiger partial charge in [-0.3, -0.25) is 4.79 Å². The Balaban J connectivity index is 1.54. The lowest BCUT2D eigenvalue weighted by Gasteiger charge is -2.27. The molecule has 1 amide bonds. The van der Waals surface area contributed by atoms with Gasteiger partial charge in [0.2, 0.25) is 0 Å². The van der Waals surface area contributed by atoms with E-state index in [-0.39, 0.29) is 11.6 Å². The average molecular weight is 407 g/mol. The summed E-state index contributed by atoms with van der Waals surface area (Å²) in [7, 11) is 0. The van der Waals surface area contributed by atoms with Crippen molar-refractivity contribution in [2.24, 2.45) is 5.92 Å². The first-order valence-corrected chi connectivity index (χ1v) is 10.3. The van der Waals surface area contributed by atoms with Crippen LogP contribution in [0, 0.1) is 17.2 Å². The minimum Gasteiger partial charge on any atom is -0.383 e. The molecule has 4 rings (SSSR count). The third kappa shape index (κ3) is 4.80. The summed E-state index contributed by atoms with van der Waals surface area (Å²) >= 11 is 0. The maximum atomic E-state index is 13.1. The quantitative estimate of drug-likeness (QED) is 0.652. The van der Waals surface area contributed by atoms with Crippen molar-refractivity contribution in [1.82, 2.24) is 30.4 Å². The monoisotopic (exact) mass is 407 g/mol. The largest absolute Gasteiger partial charge is 0.383 e. The van der Waals surface area contributed by atoms with Gasteiger partial charge in [0.1, 0.15) is 11.9 Å². The lowest BCUT2D eigenvalue weighted by Crippen LogP contribution is -2.36. The second-order valence-electron chi connectivity index (χ2n) is 7.61. The lowest BCUT2D eigenvalue weighted by atomic mass is 10.1. The molecule has 156 valence electrons. The molecule has 30 heavy (non-hydrogen) atoms. The van der Waals surface area contributed by atoms with E-state index in [1.165, 1.54) is 12.4 Å². The van der Waals surface area contributed by atoms with Crippen molar-refractivity contribution < 1.29 is 4.79 Å². The zero-order valence-electron chi connectivity index (χ0n) is 16.8. The van der Waals surface area contributed by atoms with Gasteiger partial charge in [-0.25, -0.2) is 9.97 Å². The van der Waals surface area contributed by atoms with Crippen LogP contribution in [0.15, 0.2) is 18.5 Å². The zero-order chi connectivity index (χ0) is 20.8. The van der Waals surface area contributed by atoms with Crippen molar-refractivity contribution in [2.75, 3.05) is 43.4 Å². The summed E-state index contributed by atoms with van der Waals surface area (Å²) < 4.78 is 0. The number of anilines is 3. The predicted molar refractivity (Wildman–Crippen MR) is 111 cm³/mol. The van der Waals surface area contributed by atoms with Crippen LogP contribution in [0.1, 0.15) is 41.9 Å². The van der Waals surface area contributed by atoms with Gasteiger partial charge >= 0.3 is 0 Å². The lowest BCUT2D eigenvalue weighted by molar-refractivity contribution is 0.0718. The maximum Gasteiger partial charge on any atom is 0.276 e. The van der Waals surface area contributed by atoms with Gasteiger partial charge in [-0.1, -0.05) is 0 Å². The van der Waals surface area contributed by atoms with E-state index >= 15 is 0 Å². The van der Waals surface area contributed by atoms with Crippen LogP contribution >= 0.6 is 0 Å². The molecule has 2 aliphatic rings. The number of hydrogen-bond acceptors (Lipinski definition) is 9. The smallest absolute Gasteiger partial charge is 0.276 e. The van der Waals surface area contributed by atoms with Crippen LogP contribution in [-0.2, 0) is 0 Å². The van der Waals surface area contributed by atoms with E-state index in [4.69, 9.17) is 5.26 Å². The number of piperidine rings is 1. The molecule has 0 spiro atoms. The third-order valence-electron chi connectivity index (χ3n) is 5.41. The van der Waals surface area contributed by atoms with E-state index in [1.807, 2.05) is 11.0 Å². The topological polar surface area (TPSA) is 132 Å². The summed E-state index contributed by atoms with van der Waals surface area (Å²) in [5.41, 5.74) is 1.25. The third-order valence-corrected chi connectivity index (χ3v) is 5.41. The van der Waals surface area contributed by atoms with Crippen LogP contribution in [0.2, 0.25) is 0 Å². The van der Waals surface area contributed by atoms with E-state index in [9.17, 15) is 4.79 Å². The fraction of sp³-hybridized carbons (Fsp3) is 0.500. The van der Waals surface area contributed by atoms with Crippen molar-refractivity contribution >= 4 is 23.2 Å². The van der Waals surface area contributed by atoms with Gasteiger partial charge in [0.25, 0.3) is 5.91 Å². The molecule has 1 unspecified atom stereocenters. The fourth-order valence-electron chi connectivity index (χ4n) is 3.72. The summed E-state index contributed by atoms with van der Waals surface area (Å²) in [6.45, 7) is 4.26. The van der Waals surface area contributed by atoms with Gasteiger partial charge in [0.05, 0.1) is 18.1 Å². The van der Waals surface area contributed by atoms with E-state index in [1.54, 1.807) is 6.07 Å². The first-order chi connectivity index (χ1) is 14.7. The molecular weight excluding hydrogens is 382 g/mol. The number of rotatable bonds is 6. The van der Waals surface area contributed by atoms with Gasteiger partial charge in [-0.15, -0.1) is 10.2 Å². The number of hydrogen-bond donors (Lipinski definition) is 3. The van der Waals surface area contributed by atoms with Crippen molar-refractivity contribution in [3.63, 3.8) is 0 Å². The average Bonchev–Trinajstić information content (AvgIpc) is 3.32. The molecule has 0 bridgehead atoms. The summed E-state index contributed by atoms with van der Waals surface area (Å²) in [4.78, 5) is 23.1. The first kappa shape index (κ1) is 20.0. The van der Waals surface area contributed by atoms with Gasteiger partial charge in [0, 0.05) is 25.7 Å². The highest BCUT2D eigenvalue weighted by molar-refractivity contribution is 5.98. The van der Waals surface area contributed by atoms with E-state index in [2.05, 4.69) is 36.1 Å². The van der Waals surface area contributed by atoms with Crippen molar-refractivity contribution in [1.29, 1.82) is 5.26 Å². The molecule has 2 aliphatic heterocycles. The van der Waals surface area contributed by atoms with Crippen LogP contribution in [0.5, 0.6) is 0 Å². The Morgan fingerprint density at radius 2 is 2.07 bits per heavy atom. The van der Waals surface area contributed by atoms with Gasteiger partial charge < -0.3 is 20.9 Å². The van der Waals surface area contributed by atoms with Crippen LogP contribution < -0.4 is 16.0 Å². The maximum absolute atomic E-state index is 13.1. The number of amides is 1. The molecule has 2 saturated heterocycles. The van der Waals surface area contributed by atoms with Crippen molar-refractivity contribution in [3.05, 3.63) is 29.8 Å². The molecule has 2 aromatic heterocycles. The second kappa shape index (κ2) is 9.45. The Bertz CT molecular complexity index is 913. The van der Waals surface area contributed by atoms with E-state index in [0.717, 1.165) is 58.4 Å². The number of nitrogens with one attached hydrogen (secondary N) is 3. The SMILES string of the molecule is N#Cc1cnc(Nc2cc(NCC3CCNC3)c(C(=O)N3CCCCC3)nn2)cn1. The first-order valence-electron chi connectivity index (χ1n) is 10.3. The van der Waals surface area contributed by atoms with Crippen molar-refractivity contribution in [2.45, 2.75) is 25.7 Å². The number of carbonyl (C=O) groups is 1.